The van der Waals surface area contributed by atoms with E-state index in [1.54, 1.807) is 0 Å². The third kappa shape index (κ3) is 3.67. The van der Waals surface area contributed by atoms with Crippen molar-refractivity contribution in [2.24, 2.45) is 5.92 Å². The Bertz CT molecular complexity index is 312. The van der Waals surface area contributed by atoms with Gasteiger partial charge in [0.2, 0.25) is 0 Å². The van der Waals surface area contributed by atoms with Crippen molar-refractivity contribution in [2.75, 3.05) is 18.1 Å². The zero-order valence-electron chi connectivity index (χ0n) is 8.22. The predicted molar refractivity (Wildman–Crippen MR) is 53.4 cm³/mol. The molecule has 15 heavy (non-hydrogen) atoms. The second kappa shape index (κ2) is 4.80. The maximum atomic E-state index is 11.1. The lowest BCUT2D eigenvalue weighted by Crippen LogP contribution is -2.45. The smallest absolute Gasteiger partial charge is 0.404 e. The molecule has 3 N–H and O–H groups in total. The molecule has 6 nitrogen and oxygen atoms in total. The van der Waals surface area contributed by atoms with Crippen LogP contribution in [-0.2, 0) is 9.84 Å². The van der Waals surface area contributed by atoms with Gasteiger partial charge in [0.1, 0.15) is 9.84 Å². The standard InChI is InChI=1S/C8H15NO5S/c10-5-7(9-8(11)12)6-1-3-15(13,14)4-2-6/h6-7,9-10H,1-5H2,(H,11,12). The van der Waals surface area contributed by atoms with Crippen LogP contribution in [0.4, 0.5) is 4.79 Å². The molecule has 0 bridgehead atoms. The van der Waals surface area contributed by atoms with Crippen molar-refractivity contribution in [3.8, 4) is 0 Å². The molecule has 0 aromatic rings. The summed E-state index contributed by atoms with van der Waals surface area (Å²) in [5.74, 6) is 0.0694. The van der Waals surface area contributed by atoms with Crippen molar-refractivity contribution in [3.05, 3.63) is 0 Å². The average molecular weight is 237 g/mol. The first-order valence-corrected chi connectivity index (χ1v) is 6.57. The highest BCUT2D eigenvalue weighted by Crippen LogP contribution is 2.21. The molecule has 0 aromatic heterocycles. The summed E-state index contributed by atoms with van der Waals surface area (Å²) < 4.78 is 22.3. The van der Waals surface area contributed by atoms with Crippen molar-refractivity contribution in [1.29, 1.82) is 0 Å². The molecule has 7 heteroatoms. The highest BCUT2D eigenvalue weighted by molar-refractivity contribution is 7.91. The summed E-state index contributed by atoms with van der Waals surface area (Å²) in [4.78, 5) is 10.4. The van der Waals surface area contributed by atoms with E-state index in [2.05, 4.69) is 5.32 Å². The van der Waals surface area contributed by atoms with Gasteiger partial charge in [-0.3, -0.25) is 0 Å². The molecule has 0 aliphatic carbocycles. The molecule has 0 aromatic carbocycles. The first kappa shape index (κ1) is 12.3. The van der Waals surface area contributed by atoms with E-state index in [1.807, 2.05) is 0 Å². The Morgan fingerprint density at radius 3 is 2.33 bits per heavy atom. The lowest BCUT2D eigenvalue weighted by atomic mass is 9.94. The van der Waals surface area contributed by atoms with Gasteiger partial charge in [-0.1, -0.05) is 0 Å². The molecular formula is C8H15NO5S. The van der Waals surface area contributed by atoms with Crippen molar-refractivity contribution < 1.29 is 23.4 Å². The SMILES string of the molecule is O=C(O)NC(CO)C1CCS(=O)(=O)CC1. The van der Waals surface area contributed by atoms with Gasteiger partial charge in [-0.25, -0.2) is 13.2 Å². The van der Waals surface area contributed by atoms with Crippen LogP contribution in [0.2, 0.25) is 0 Å². The number of hydrogen-bond donors (Lipinski definition) is 3. The molecule has 0 saturated carbocycles. The summed E-state index contributed by atoms with van der Waals surface area (Å²) in [6, 6.07) is -0.557. The molecule has 1 atom stereocenters. The summed E-state index contributed by atoms with van der Waals surface area (Å²) >= 11 is 0. The van der Waals surface area contributed by atoms with Crippen LogP contribution >= 0.6 is 0 Å². The Kier molecular flexibility index (Phi) is 3.92. The number of rotatable bonds is 3. The lowest BCUT2D eigenvalue weighted by Gasteiger charge is -2.28. The van der Waals surface area contributed by atoms with Crippen LogP contribution in [0, 0.1) is 5.92 Å². The van der Waals surface area contributed by atoms with Crippen LogP contribution in [0.1, 0.15) is 12.8 Å². The number of amides is 1. The van der Waals surface area contributed by atoms with E-state index in [1.165, 1.54) is 0 Å². The Hall–Kier alpha value is -0.820. The minimum absolute atomic E-state index is 0.0788. The Labute approximate surface area is 88.2 Å². The second-order valence-corrected chi connectivity index (χ2v) is 6.03. The molecule has 1 heterocycles. The first-order valence-electron chi connectivity index (χ1n) is 4.75. The van der Waals surface area contributed by atoms with Gasteiger partial charge in [0.25, 0.3) is 0 Å². The third-order valence-electron chi connectivity index (χ3n) is 2.67. The molecule has 1 aliphatic heterocycles. The van der Waals surface area contributed by atoms with Crippen LogP contribution < -0.4 is 5.32 Å². The van der Waals surface area contributed by atoms with E-state index in [9.17, 15) is 13.2 Å². The monoisotopic (exact) mass is 237 g/mol. The van der Waals surface area contributed by atoms with Crippen LogP contribution in [0.3, 0.4) is 0 Å². The van der Waals surface area contributed by atoms with Gasteiger partial charge in [-0.15, -0.1) is 0 Å². The molecular weight excluding hydrogens is 222 g/mol. The van der Waals surface area contributed by atoms with Gasteiger partial charge in [-0.2, -0.15) is 0 Å². The topological polar surface area (TPSA) is 104 Å². The molecule has 0 spiro atoms. The zero-order valence-corrected chi connectivity index (χ0v) is 9.03. The number of hydrogen-bond acceptors (Lipinski definition) is 4. The summed E-state index contributed by atoms with van der Waals surface area (Å²) in [6.45, 7) is -0.295. The third-order valence-corrected chi connectivity index (χ3v) is 4.39. The molecule has 1 aliphatic rings. The molecule has 88 valence electrons. The van der Waals surface area contributed by atoms with Crippen LogP contribution in [0.5, 0.6) is 0 Å². The molecule has 0 radical (unpaired) electrons. The molecule has 1 saturated heterocycles. The second-order valence-electron chi connectivity index (χ2n) is 3.73. The largest absolute Gasteiger partial charge is 0.465 e. The van der Waals surface area contributed by atoms with E-state index < -0.39 is 22.0 Å². The quantitative estimate of drug-likeness (QED) is 0.610. The van der Waals surface area contributed by atoms with Crippen molar-refractivity contribution >= 4 is 15.9 Å². The van der Waals surface area contributed by atoms with E-state index in [0.29, 0.717) is 12.8 Å². The maximum absolute atomic E-state index is 11.1. The average Bonchev–Trinajstić information content (AvgIpc) is 2.14. The lowest BCUT2D eigenvalue weighted by molar-refractivity contribution is 0.157. The minimum atomic E-state index is -2.94. The van der Waals surface area contributed by atoms with Gasteiger partial charge in [0.05, 0.1) is 24.2 Å². The Balaban J connectivity index is 2.53. The fourth-order valence-corrected chi connectivity index (χ4v) is 3.31. The van der Waals surface area contributed by atoms with Crippen molar-refractivity contribution in [2.45, 2.75) is 18.9 Å². The number of aliphatic hydroxyl groups excluding tert-OH is 1. The number of aliphatic hydroxyl groups is 1. The van der Waals surface area contributed by atoms with Crippen molar-refractivity contribution in [3.63, 3.8) is 0 Å². The van der Waals surface area contributed by atoms with Gasteiger partial charge >= 0.3 is 6.09 Å². The minimum Gasteiger partial charge on any atom is -0.465 e. The van der Waals surface area contributed by atoms with Gasteiger partial charge < -0.3 is 15.5 Å². The van der Waals surface area contributed by atoms with E-state index in [-0.39, 0.29) is 24.0 Å². The molecule has 1 unspecified atom stereocenters. The molecule has 1 amide bonds. The summed E-state index contributed by atoms with van der Waals surface area (Å²) in [5.41, 5.74) is 0. The van der Waals surface area contributed by atoms with Gasteiger partial charge in [0, 0.05) is 0 Å². The van der Waals surface area contributed by atoms with E-state index >= 15 is 0 Å². The predicted octanol–water partition coefficient (Wildman–Crippen LogP) is -0.560. The summed E-state index contributed by atoms with van der Waals surface area (Å²) in [6.07, 6.45) is -0.371. The van der Waals surface area contributed by atoms with Gasteiger partial charge in [0.15, 0.2) is 0 Å². The Morgan fingerprint density at radius 1 is 1.40 bits per heavy atom. The molecule has 1 rings (SSSR count). The normalized spacial score (nSPS) is 23.3. The summed E-state index contributed by atoms with van der Waals surface area (Å²) in [5, 5.41) is 19.7. The highest BCUT2D eigenvalue weighted by atomic mass is 32.2. The number of nitrogens with one attached hydrogen (secondary N) is 1. The van der Waals surface area contributed by atoms with E-state index in [0.717, 1.165) is 0 Å². The highest BCUT2D eigenvalue weighted by Gasteiger charge is 2.29. The van der Waals surface area contributed by atoms with Crippen LogP contribution in [-0.4, -0.2) is 48.9 Å². The fraction of sp³-hybridized carbons (Fsp3) is 0.875. The Morgan fingerprint density at radius 2 is 1.93 bits per heavy atom. The number of sulfone groups is 1. The summed E-state index contributed by atoms with van der Waals surface area (Å²) in [7, 11) is -2.94. The van der Waals surface area contributed by atoms with Crippen LogP contribution in [0.25, 0.3) is 0 Å². The number of carboxylic acid groups (broad SMARTS) is 1. The molecule has 1 fully saturated rings. The van der Waals surface area contributed by atoms with Gasteiger partial charge in [-0.05, 0) is 18.8 Å². The first-order chi connectivity index (χ1) is 6.94. The fourth-order valence-electron chi connectivity index (χ4n) is 1.78. The van der Waals surface area contributed by atoms with E-state index in [4.69, 9.17) is 10.2 Å². The maximum Gasteiger partial charge on any atom is 0.404 e. The van der Waals surface area contributed by atoms with Crippen LogP contribution in [0.15, 0.2) is 0 Å². The van der Waals surface area contributed by atoms with Crippen molar-refractivity contribution in [1.82, 2.24) is 5.32 Å². The number of carbonyl (C=O) groups is 1. The zero-order chi connectivity index (χ0) is 11.5.